The minimum Gasteiger partial charge on any atom is -0.314 e. The molecule has 0 spiro atoms. The van der Waals surface area contributed by atoms with E-state index < -0.39 is 11.6 Å². The van der Waals surface area contributed by atoms with Gasteiger partial charge in [0.2, 0.25) is 0 Å². The summed E-state index contributed by atoms with van der Waals surface area (Å²) in [4.78, 5) is 0. The van der Waals surface area contributed by atoms with Crippen LogP contribution in [-0.2, 0) is 13.1 Å². The first-order chi connectivity index (χ1) is 10.0. The summed E-state index contributed by atoms with van der Waals surface area (Å²) in [5.74, 6) is 0.0334. The van der Waals surface area contributed by atoms with Crippen LogP contribution in [0.1, 0.15) is 43.5 Å². The third-order valence-corrected chi connectivity index (χ3v) is 3.47. The van der Waals surface area contributed by atoms with Crippen LogP contribution in [0.2, 0.25) is 0 Å². The predicted molar refractivity (Wildman–Crippen MR) is 76.7 cm³/mol. The highest BCUT2D eigenvalue weighted by Gasteiger charge is 2.15. The summed E-state index contributed by atoms with van der Waals surface area (Å²) in [6.07, 6.45) is 0.986. The largest absolute Gasteiger partial charge is 0.314 e. The highest BCUT2D eigenvalue weighted by atomic mass is 19.2. The number of rotatable bonds is 6. The smallest absolute Gasteiger partial charge is 0.163 e. The average molecular weight is 294 g/mol. The topological polar surface area (TPSA) is 42.7 Å². The molecule has 4 nitrogen and oxygen atoms in total. The van der Waals surface area contributed by atoms with Crippen molar-refractivity contribution >= 4 is 0 Å². The maximum Gasteiger partial charge on any atom is 0.163 e. The minimum atomic E-state index is -0.828. The van der Waals surface area contributed by atoms with E-state index in [0.717, 1.165) is 30.7 Å². The summed E-state index contributed by atoms with van der Waals surface area (Å²) in [5, 5.41) is 11.3. The van der Waals surface area contributed by atoms with Gasteiger partial charge in [-0.2, -0.15) is 0 Å². The zero-order valence-corrected chi connectivity index (χ0v) is 12.5. The lowest BCUT2D eigenvalue weighted by Gasteiger charge is -2.15. The molecule has 21 heavy (non-hydrogen) atoms. The Bertz CT molecular complexity index is 610. The molecule has 0 aliphatic heterocycles. The van der Waals surface area contributed by atoms with Crippen molar-refractivity contribution in [1.82, 2.24) is 20.1 Å². The molecule has 2 rings (SSSR count). The van der Waals surface area contributed by atoms with Crippen LogP contribution in [0.15, 0.2) is 18.2 Å². The van der Waals surface area contributed by atoms with Crippen molar-refractivity contribution in [2.75, 3.05) is 0 Å². The van der Waals surface area contributed by atoms with Crippen molar-refractivity contribution in [1.29, 1.82) is 0 Å². The lowest BCUT2D eigenvalue weighted by atomic mass is 10.1. The Morgan fingerprint density at radius 2 is 2.05 bits per heavy atom. The van der Waals surface area contributed by atoms with Gasteiger partial charge in [0, 0.05) is 18.2 Å². The Morgan fingerprint density at radius 3 is 2.76 bits per heavy atom. The van der Waals surface area contributed by atoms with E-state index in [0.29, 0.717) is 12.1 Å². The molecule has 0 fully saturated rings. The molecular weight excluding hydrogens is 274 g/mol. The predicted octanol–water partition coefficient (Wildman–Crippen LogP) is 3.13. The van der Waals surface area contributed by atoms with Gasteiger partial charge in [-0.25, -0.2) is 8.78 Å². The van der Waals surface area contributed by atoms with Gasteiger partial charge in [-0.1, -0.05) is 19.1 Å². The van der Waals surface area contributed by atoms with Crippen molar-refractivity contribution < 1.29 is 8.78 Å². The number of hydrogen-bond donors (Lipinski definition) is 1. The minimum absolute atomic E-state index is 0.312. The third kappa shape index (κ3) is 3.44. The van der Waals surface area contributed by atoms with Crippen molar-refractivity contribution in [2.24, 2.45) is 0 Å². The van der Waals surface area contributed by atoms with E-state index in [1.54, 1.807) is 13.0 Å². The summed E-state index contributed by atoms with van der Waals surface area (Å²) in [6, 6.07) is 3.90. The SMILES string of the molecule is CCCn1c(C)nnc1CN[C@H](C)c1cccc(F)c1F. The fraction of sp³-hybridized carbons (Fsp3) is 0.467. The van der Waals surface area contributed by atoms with Gasteiger partial charge < -0.3 is 9.88 Å². The molecule has 2 aromatic rings. The second-order valence-corrected chi connectivity index (χ2v) is 5.06. The average Bonchev–Trinajstić information content (AvgIpc) is 2.81. The maximum atomic E-state index is 13.7. The highest BCUT2D eigenvalue weighted by Crippen LogP contribution is 2.19. The van der Waals surface area contributed by atoms with E-state index in [-0.39, 0.29) is 6.04 Å². The van der Waals surface area contributed by atoms with Gasteiger partial charge in [0.1, 0.15) is 11.6 Å². The molecule has 1 aromatic heterocycles. The van der Waals surface area contributed by atoms with Crippen molar-refractivity contribution in [3.8, 4) is 0 Å². The molecule has 1 N–H and O–H groups in total. The van der Waals surface area contributed by atoms with Gasteiger partial charge in [0.15, 0.2) is 11.6 Å². The number of nitrogens with zero attached hydrogens (tertiary/aromatic N) is 3. The van der Waals surface area contributed by atoms with E-state index in [1.807, 2.05) is 11.5 Å². The summed E-state index contributed by atoms with van der Waals surface area (Å²) >= 11 is 0. The molecule has 6 heteroatoms. The third-order valence-electron chi connectivity index (χ3n) is 3.47. The molecule has 1 atom stereocenters. The molecule has 0 radical (unpaired) electrons. The number of aromatic nitrogens is 3. The standard InChI is InChI=1S/C15H20F2N4/c1-4-8-21-11(3)19-20-14(21)9-18-10(2)12-6-5-7-13(16)15(12)17/h5-7,10,18H,4,8-9H2,1-3H3/t10-/m1/s1. The van der Waals surface area contributed by atoms with Crippen LogP contribution < -0.4 is 5.32 Å². The van der Waals surface area contributed by atoms with Crippen molar-refractivity contribution in [2.45, 2.75) is 46.3 Å². The monoisotopic (exact) mass is 294 g/mol. The zero-order valence-electron chi connectivity index (χ0n) is 12.5. The Hall–Kier alpha value is -1.82. The van der Waals surface area contributed by atoms with E-state index in [2.05, 4.69) is 22.4 Å². The molecule has 1 heterocycles. The number of benzene rings is 1. The van der Waals surface area contributed by atoms with Crippen LogP contribution in [0.5, 0.6) is 0 Å². The van der Waals surface area contributed by atoms with E-state index >= 15 is 0 Å². The van der Waals surface area contributed by atoms with Crippen LogP contribution in [-0.4, -0.2) is 14.8 Å². The number of halogens is 2. The second kappa shape index (κ2) is 6.76. The normalized spacial score (nSPS) is 12.6. The van der Waals surface area contributed by atoms with Gasteiger partial charge in [0.05, 0.1) is 6.54 Å². The molecule has 0 aliphatic rings. The fourth-order valence-electron chi connectivity index (χ4n) is 2.28. The fourth-order valence-corrected chi connectivity index (χ4v) is 2.28. The molecule has 0 saturated carbocycles. The van der Waals surface area contributed by atoms with E-state index in [1.165, 1.54) is 6.07 Å². The second-order valence-electron chi connectivity index (χ2n) is 5.06. The van der Waals surface area contributed by atoms with Gasteiger partial charge in [-0.05, 0) is 26.3 Å². The van der Waals surface area contributed by atoms with Gasteiger partial charge in [-0.3, -0.25) is 0 Å². The first-order valence-corrected chi connectivity index (χ1v) is 7.10. The van der Waals surface area contributed by atoms with Gasteiger partial charge in [-0.15, -0.1) is 10.2 Å². The van der Waals surface area contributed by atoms with Gasteiger partial charge >= 0.3 is 0 Å². The molecule has 114 valence electrons. The van der Waals surface area contributed by atoms with Crippen LogP contribution >= 0.6 is 0 Å². The maximum absolute atomic E-state index is 13.7. The van der Waals surface area contributed by atoms with Crippen LogP contribution in [0, 0.1) is 18.6 Å². The van der Waals surface area contributed by atoms with Crippen LogP contribution in [0.3, 0.4) is 0 Å². The quantitative estimate of drug-likeness (QED) is 0.890. The number of hydrogen-bond acceptors (Lipinski definition) is 3. The van der Waals surface area contributed by atoms with Crippen molar-refractivity contribution in [3.63, 3.8) is 0 Å². The summed E-state index contributed by atoms with van der Waals surface area (Å²) in [5.41, 5.74) is 0.313. The highest BCUT2D eigenvalue weighted by molar-refractivity contribution is 5.22. The van der Waals surface area contributed by atoms with Crippen LogP contribution in [0.4, 0.5) is 8.78 Å². The Kier molecular flexibility index (Phi) is 5.01. The van der Waals surface area contributed by atoms with Crippen LogP contribution in [0.25, 0.3) is 0 Å². The zero-order chi connectivity index (χ0) is 15.4. The lowest BCUT2D eigenvalue weighted by molar-refractivity contribution is 0.466. The van der Waals surface area contributed by atoms with Gasteiger partial charge in [0.25, 0.3) is 0 Å². The first-order valence-electron chi connectivity index (χ1n) is 7.10. The Balaban J connectivity index is 2.07. The molecule has 0 unspecified atom stereocenters. The summed E-state index contributed by atoms with van der Waals surface area (Å²) in [7, 11) is 0. The molecule has 1 aromatic carbocycles. The Labute approximate surface area is 123 Å². The van der Waals surface area contributed by atoms with E-state index in [4.69, 9.17) is 0 Å². The Morgan fingerprint density at radius 1 is 1.29 bits per heavy atom. The summed E-state index contributed by atoms with van der Waals surface area (Å²) < 4.78 is 29.0. The number of aryl methyl sites for hydroxylation is 1. The molecule has 0 aliphatic carbocycles. The first kappa shape index (κ1) is 15.6. The molecule has 0 amide bonds. The summed E-state index contributed by atoms with van der Waals surface area (Å²) in [6.45, 7) is 7.09. The van der Waals surface area contributed by atoms with E-state index in [9.17, 15) is 8.78 Å². The molecule has 0 bridgehead atoms. The number of nitrogens with one attached hydrogen (secondary N) is 1. The molecule has 0 saturated heterocycles. The molecular formula is C15H20F2N4. The van der Waals surface area contributed by atoms with Crippen molar-refractivity contribution in [3.05, 3.63) is 47.0 Å². The lowest BCUT2D eigenvalue weighted by Crippen LogP contribution is -2.22.